The molecule has 10 heteroatoms. The lowest BCUT2D eigenvalue weighted by molar-refractivity contribution is -0.115. The van der Waals surface area contributed by atoms with Crippen LogP contribution in [-0.2, 0) is 4.79 Å². The number of carbonyl (C=O) groups excluding carboxylic acids is 1. The third-order valence-electron chi connectivity index (χ3n) is 3.12. The zero-order chi connectivity index (χ0) is 17.8. The molecular weight excluding hydrogens is 383 g/mol. The minimum atomic E-state index is -0.443. The lowest BCUT2D eigenvalue weighted by atomic mass is 10.3. The molecule has 2 aromatic heterocycles. The Hall–Kier alpha value is -2.16. The molecule has 1 aromatic carbocycles. The van der Waals surface area contributed by atoms with Crippen LogP contribution in [0.15, 0.2) is 47.8 Å². The summed E-state index contributed by atoms with van der Waals surface area (Å²) >= 11 is 13.0. The first-order chi connectivity index (χ1) is 12.0. The summed E-state index contributed by atoms with van der Waals surface area (Å²) in [4.78, 5) is 16.4. The second kappa shape index (κ2) is 7.81. The van der Waals surface area contributed by atoms with Crippen LogP contribution in [0.4, 0.5) is 5.82 Å². The zero-order valence-corrected chi connectivity index (χ0v) is 15.3. The molecule has 0 aliphatic rings. The summed E-state index contributed by atoms with van der Waals surface area (Å²) < 4.78 is 1.53. The van der Waals surface area contributed by atoms with E-state index in [1.807, 2.05) is 6.07 Å². The molecule has 0 saturated heterocycles. The lowest BCUT2D eigenvalue weighted by Gasteiger charge is -2.11. The minimum Gasteiger partial charge on any atom is -0.310 e. The van der Waals surface area contributed by atoms with Gasteiger partial charge in [-0.1, -0.05) is 41.0 Å². The Bertz CT molecular complexity index is 886. The predicted molar refractivity (Wildman–Crippen MR) is 97.4 cm³/mol. The molecule has 1 amide bonds. The van der Waals surface area contributed by atoms with Crippen LogP contribution >= 0.6 is 35.0 Å². The van der Waals surface area contributed by atoms with E-state index in [1.165, 1.54) is 22.6 Å². The highest BCUT2D eigenvalue weighted by atomic mass is 35.5. The van der Waals surface area contributed by atoms with Crippen molar-refractivity contribution in [2.45, 2.75) is 17.3 Å². The summed E-state index contributed by atoms with van der Waals surface area (Å²) in [5, 5.41) is 15.4. The summed E-state index contributed by atoms with van der Waals surface area (Å²) in [6.07, 6.45) is 1.47. The van der Waals surface area contributed by atoms with Gasteiger partial charge in [-0.05, 0) is 47.7 Å². The molecule has 0 spiro atoms. The number of benzene rings is 1. The molecule has 2 heterocycles. The molecule has 3 rings (SSSR count). The fraction of sp³-hybridized carbons (Fsp3) is 0.133. The van der Waals surface area contributed by atoms with E-state index in [0.29, 0.717) is 26.7 Å². The smallest absolute Gasteiger partial charge is 0.238 e. The number of halogens is 2. The first-order valence-corrected chi connectivity index (χ1v) is 8.80. The Morgan fingerprint density at radius 1 is 1.24 bits per heavy atom. The Morgan fingerprint density at radius 3 is 2.80 bits per heavy atom. The molecular formula is C15H12Cl2N6OS. The molecule has 0 unspecified atom stereocenters. The Balaban J connectivity index is 1.71. The van der Waals surface area contributed by atoms with Gasteiger partial charge in [0.2, 0.25) is 11.1 Å². The zero-order valence-electron chi connectivity index (χ0n) is 12.9. The van der Waals surface area contributed by atoms with Gasteiger partial charge in [0, 0.05) is 11.2 Å². The molecule has 0 aliphatic heterocycles. The van der Waals surface area contributed by atoms with Crippen LogP contribution in [0.5, 0.6) is 0 Å². The van der Waals surface area contributed by atoms with Crippen molar-refractivity contribution >= 4 is 46.7 Å². The Labute approximate surface area is 157 Å². The molecule has 0 saturated carbocycles. The summed E-state index contributed by atoms with van der Waals surface area (Å²) in [6.45, 7) is 1.76. The quantitative estimate of drug-likeness (QED) is 0.666. The topological polar surface area (TPSA) is 85.6 Å². The van der Waals surface area contributed by atoms with Crippen molar-refractivity contribution in [3.05, 3.63) is 52.6 Å². The molecule has 1 atom stereocenters. The molecule has 1 N–H and O–H groups in total. The van der Waals surface area contributed by atoms with E-state index in [4.69, 9.17) is 23.2 Å². The van der Waals surface area contributed by atoms with Crippen molar-refractivity contribution in [2.24, 2.45) is 0 Å². The fourth-order valence-electron chi connectivity index (χ4n) is 1.91. The highest BCUT2D eigenvalue weighted by Crippen LogP contribution is 2.24. The SMILES string of the molecule is C[C@@H](Sc1nnnn1-c1cccc(Cl)c1)C(=O)Nc1ccc(Cl)cn1. The van der Waals surface area contributed by atoms with Gasteiger partial charge in [-0.25, -0.2) is 4.98 Å². The van der Waals surface area contributed by atoms with Gasteiger partial charge in [-0.15, -0.1) is 5.10 Å². The second-order valence-electron chi connectivity index (χ2n) is 4.96. The van der Waals surface area contributed by atoms with Gasteiger partial charge in [0.05, 0.1) is 16.0 Å². The Morgan fingerprint density at radius 2 is 2.08 bits per heavy atom. The van der Waals surface area contributed by atoms with Crippen LogP contribution in [0.2, 0.25) is 10.0 Å². The number of hydrogen-bond donors (Lipinski definition) is 1. The van der Waals surface area contributed by atoms with Crippen LogP contribution in [0.25, 0.3) is 5.69 Å². The van der Waals surface area contributed by atoms with E-state index < -0.39 is 5.25 Å². The largest absolute Gasteiger partial charge is 0.310 e. The van der Waals surface area contributed by atoms with Crippen molar-refractivity contribution in [1.82, 2.24) is 25.2 Å². The van der Waals surface area contributed by atoms with Gasteiger partial charge >= 0.3 is 0 Å². The molecule has 0 radical (unpaired) electrons. The van der Waals surface area contributed by atoms with E-state index >= 15 is 0 Å². The van der Waals surface area contributed by atoms with Gasteiger partial charge in [-0.3, -0.25) is 4.79 Å². The number of nitrogens with one attached hydrogen (secondary N) is 1. The molecule has 0 aliphatic carbocycles. The van der Waals surface area contributed by atoms with Crippen LogP contribution in [0.3, 0.4) is 0 Å². The number of rotatable bonds is 5. The van der Waals surface area contributed by atoms with Crippen molar-refractivity contribution in [3.63, 3.8) is 0 Å². The summed E-state index contributed by atoms with van der Waals surface area (Å²) in [5.41, 5.74) is 0.715. The van der Waals surface area contributed by atoms with Crippen molar-refractivity contribution < 1.29 is 4.79 Å². The third-order valence-corrected chi connectivity index (χ3v) is 4.62. The normalized spacial score (nSPS) is 12.0. The van der Waals surface area contributed by atoms with Gasteiger partial charge < -0.3 is 5.32 Å². The number of anilines is 1. The standard InChI is InChI=1S/C15H12Cl2N6OS/c1-9(14(24)19-13-6-5-11(17)8-18-13)25-15-20-21-22-23(15)12-4-2-3-10(16)7-12/h2-9H,1H3,(H,18,19,24)/t9-/m1/s1. The number of thioether (sulfide) groups is 1. The average Bonchev–Trinajstić information content (AvgIpc) is 3.05. The van der Waals surface area contributed by atoms with E-state index in [2.05, 4.69) is 25.8 Å². The lowest BCUT2D eigenvalue weighted by Crippen LogP contribution is -2.23. The van der Waals surface area contributed by atoms with Crippen molar-refractivity contribution in [2.75, 3.05) is 5.32 Å². The number of tetrazole rings is 1. The summed E-state index contributed by atoms with van der Waals surface area (Å²) in [5.74, 6) is 0.205. The Kier molecular flexibility index (Phi) is 5.52. The van der Waals surface area contributed by atoms with Gasteiger partial charge in [0.1, 0.15) is 5.82 Å². The van der Waals surface area contributed by atoms with Crippen LogP contribution in [-0.4, -0.2) is 36.3 Å². The van der Waals surface area contributed by atoms with Crippen LogP contribution < -0.4 is 5.32 Å². The molecule has 7 nitrogen and oxygen atoms in total. The second-order valence-corrected chi connectivity index (χ2v) is 7.14. The molecule has 3 aromatic rings. The maximum atomic E-state index is 12.3. The first-order valence-electron chi connectivity index (χ1n) is 7.16. The van der Waals surface area contributed by atoms with Gasteiger partial charge in [0.15, 0.2) is 0 Å². The number of nitrogens with zero attached hydrogens (tertiary/aromatic N) is 5. The van der Waals surface area contributed by atoms with Crippen molar-refractivity contribution in [3.8, 4) is 5.69 Å². The number of carbonyl (C=O) groups is 1. The maximum Gasteiger partial charge on any atom is 0.238 e. The monoisotopic (exact) mass is 394 g/mol. The van der Waals surface area contributed by atoms with Gasteiger partial charge in [-0.2, -0.15) is 4.68 Å². The van der Waals surface area contributed by atoms with Crippen LogP contribution in [0.1, 0.15) is 6.92 Å². The maximum absolute atomic E-state index is 12.3. The fourth-order valence-corrected chi connectivity index (χ4v) is 3.02. The summed E-state index contributed by atoms with van der Waals surface area (Å²) in [7, 11) is 0. The van der Waals surface area contributed by atoms with Crippen LogP contribution in [0, 0.1) is 0 Å². The van der Waals surface area contributed by atoms with E-state index in [-0.39, 0.29) is 5.91 Å². The van der Waals surface area contributed by atoms with Crippen molar-refractivity contribution in [1.29, 1.82) is 0 Å². The number of pyridine rings is 1. The predicted octanol–water partition coefficient (Wildman–Crippen LogP) is 3.48. The average molecular weight is 395 g/mol. The van der Waals surface area contributed by atoms with E-state index in [1.54, 1.807) is 37.3 Å². The first kappa shape index (κ1) is 17.7. The number of hydrogen-bond acceptors (Lipinski definition) is 6. The van der Waals surface area contributed by atoms with Gasteiger partial charge in [0.25, 0.3) is 0 Å². The summed E-state index contributed by atoms with van der Waals surface area (Å²) in [6, 6.07) is 10.4. The third kappa shape index (κ3) is 4.47. The highest BCUT2D eigenvalue weighted by Gasteiger charge is 2.19. The van der Waals surface area contributed by atoms with E-state index in [0.717, 1.165) is 0 Å². The minimum absolute atomic E-state index is 0.222. The molecule has 0 bridgehead atoms. The van der Waals surface area contributed by atoms with E-state index in [9.17, 15) is 4.79 Å². The molecule has 0 fully saturated rings. The number of amides is 1. The number of aromatic nitrogens is 5. The molecule has 128 valence electrons. The molecule has 25 heavy (non-hydrogen) atoms. The highest BCUT2D eigenvalue weighted by molar-refractivity contribution is 8.00.